The van der Waals surface area contributed by atoms with Gasteiger partial charge in [-0.15, -0.1) is 0 Å². The van der Waals surface area contributed by atoms with Crippen molar-refractivity contribution in [1.82, 2.24) is 19.8 Å². The predicted octanol–water partition coefficient (Wildman–Crippen LogP) is 1.01. The maximum Gasteiger partial charge on any atom is 0.243 e. The normalized spacial score (nSPS) is 11.7. The zero-order chi connectivity index (χ0) is 17.7. The van der Waals surface area contributed by atoms with Gasteiger partial charge in [0.05, 0.1) is 11.4 Å². The molecule has 0 saturated carbocycles. The molecule has 1 aromatic carbocycles. The Hall–Kier alpha value is -1.97. The van der Waals surface area contributed by atoms with Crippen molar-refractivity contribution in [3.05, 3.63) is 41.0 Å². The van der Waals surface area contributed by atoms with Crippen molar-refractivity contribution >= 4 is 27.5 Å². The van der Waals surface area contributed by atoms with Gasteiger partial charge < -0.3 is 9.84 Å². The second-order valence-corrected chi connectivity index (χ2v) is 7.53. The number of carbonyl (C=O) groups is 1. The number of rotatable bonds is 7. The molecule has 1 N–H and O–H groups in total. The molecule has 0 atom stereocenters. The lowest BCUT2D eigenvalue weighted by Crippen LogP contribution is -2.39. The summed E-state index contributed by atoms with van der Waals surface area (Å²) in [7, 11) is -2.41. The van der Waals surface area contributed by atoms with E-state index in [1.807, 2.05) is 0 Å². The fourth-order valence-corrected chi connectivity index (χ4v) is 3.13. The van der Waals surface area contributed by atoms with Gasteiger partial charge in [-0.25, -0.2) is 8.42 Å². The number of sulfonamides is 1. The molecule has 0 aliphatic carbocycles. The van der Waals surface area contributed by atoms with Crippen LogP contribution in [0.2, 0.25) is 5.02 Å². The third-order valence-electron chi connectivity index (χ3n) is 3.12. The Morgan fingerprint density at radius 2 is 2.00 bits per heavy atom. The smallest absolute Gasteiger partial charge is 0.243 e. The first-order chi connectivity index (χ1) is 11.3. The molecule has 1 aromatic heterocycles. The third-order valence-corrected chi connectivity index (χ3v) is 5.19. The molecule has 2 rings (SSSR count). The summed E-state index contributed by atoms with van der Waals surface area (Å²) in [5, 5.41) is 6.68. The lowest BCUT2D eigenvalue weighted by atomic mass is 10.4. The highest BCUT2D eigenvalue weighted by molar-refractivity contribution is 7.89. The van der Waals surface area contributed by atoms with Crippen molar-refractivity contribution in [3.63, 3.8) is 0 Å². The van der Waals surface area contributed by atoms with Crippen LogP contribution in [0.5, 0.6) is 0 Å². The fraction of sp³-hybridized carbons (Fsp3) is 0.357. The molecule has 0 radical (unpaired) electrons. The van der Waals surface area contributed by atoms with Crippen molar-refractivity contribution in [1.29, 1.82) is 0 Å². The highest BCUT2D eigenvalue weighted by Crippen LogP contribution is 2.17. The van der Waals surface area contributed by atoms with E-state index < -0.39 is 15.9 Å². The van der Waals surface area contributed by atoms with Crippen LogP contribution in [-0.2, 0) is 21.2 Å². The average molecular weight is 373 g/mol. The lowest BCUT2D eigenvalue weighted by molar-refractivity contribution is -0.121. The molecule has 130 valence electrons. The summed E-state index contributed by atoms with van der Waals surface area (Å²) < 4.78 is 30.6. The van der Waals surface area contributed by atoms with E-state index >= 15 is 0 Å². The molecule has 24 heavy (non-hydrogen) atoms. The van der Waals surface area contributed by atoms with Gasteiger partial charge in [0.2, 0.25) is 21.8 Å². The van der Waals surface area contributed by atoms with Crippen LogP contribution in [0.1, 0.15) is 11.7 Å². The van der Waals surface area contributed by atoms with Gasteiger partial charge >= 0.3 is 0 Å². The maximum atomic E-state index is 12.3. The number of carbonyl (C=O) groups excluding carboxylic acids is 1. The highest BCUT2D eigenvalue weighted by Gasteiger charge is 2.22. The van der Waals surface area contributed by atoms with E-state index in [9.17, 15) is 13.2 Å². The number of nitrogens with zero attached hydrogens (tertiary/aromatic N) is 3. The van der Waals surface area contributed by atoms with E-state index in [0.29, 0.717) is 23.2 Å². The molecule has 10 heteroatoms. The van der Waals surface area contributed by atoms with Gasteiger partial charge in [-0.1, -0.05) is 16.8 Å². The van der Waals surface area contributed by atoms with Crippen molar-refractivity contribution in [2.75, 3.05) is 20.1 Å². The minimum atomic E-state index is -3.75. The van der Waals surface area contributed by atoms with Gasteiger partial charge in [0.15, 0.2) is 5.82 Å². The highest BCUT2D eigenvalue weighted by atomic mass is 35.5. The summed E-state index contributed by atoms with van der Waals surface area (Å²) >= 11 is 5.75. The van der Waals surface area contributed by atoms with Crippen LogP contribution in [0, 0.1) is 6.92 Å². The maximum absolute atomic E-state index is 12.3. The number of hydrogen-bond acceptors (Lipinski definition) is 6. The first-order valence-electron chi connectivity index (χ1n) is 7.07. The number of benzene rings is 1. The van der Waals surface area contributed by atoms with Gasteiger partial charge in [-0.2, -0.15) is 9.29 Å². The molecule has 0 fully saturated rings. The van der Waals surface area contributed by atoms with E-state index in [0.717, 1.165) is 4.31 Å². The van der Waals surface area contributed by atoms with Crippen LogP contribution in [0.25, 0.3) is 0 Å². The van der Waals surface area contributed by atoms with Crippen LogP contribution < -0.4 is 5.32 Å². The number of aryl methyl sites for hydroxylation is 1. The van der Waals surface area contributed by atoms with Crippen molar-refractivity contribution in [2.24, 2.45) is 0 Å². The van der Waals surface area contributed by atoms with Gasteiger partial charge in [0.25, 0.3) is 0 Å². The summed E-state index contributed by atoms with van der Waals surface area (Å²) in [4.78, 5) is 16.0. The summed E-state index contributed by atoms with van der Waals surface area (Å²) in [6.45, 7) is 1.67. The van der Waals surface area contributed by atoms with Gasteiger partial charge in [0.1, 0.15) is 0 Å². The fourth-order valence-electron chi connectivity index (χ4n) is 1.88. The van der Waals surface area contributed by atoms with Crippen molar-refractivity contribution < 1.29 is 17.7 Å². The second kappa shape index (κ2) is 7.73. The number of amides is 1. The molecule has 8 nitrogen and oxygen atoms in total. The molecule has 1 amide bonds. The van der Waals surface area contributed by atoms with Gasteiger partial charge in [0, 0.05) is 25.0 Å². The van der Waals surface area contributed by atoms with E-state index in [-0.39, 0.29) is 18.0 Å². The predicted molar refractivity (Wildman–Crippen MR) is 87.0 cm³/mol. The molecule has 0 bridgehead atoms. The molecule has 0 spiro atoms. The number of halogens is 1. The van der Waals surface area contributed by atoms with Crippen LogP contribution in [0.4, 0.5) is 0 Å². The minimum absolute atomic E-state index is 0.0727. The molecular formula is C14H17ClN4O4S. The quantitative estimate of drug-likeness (QED) is 0.777. The first-order valence-corrected chi connectivity index (χ1v) is 8.88. The Bertz CT molecular complexity index is 804. The zero-order valence-electron chi connectivity index (χ0n) is 13.2. The summed E-state index contributed by atoms with van der Waals surface area (Å²) in [5.41, 5.74) is 0. The first kappa shape index (κ1) is 18.4. The number of likely N-dealkylation sites (N-methyl/N-ethyl adjacent to an activating group) is 1. The molecule has 0 aliphatic heterocycles. The standard InChI is InChI=1S/C14H17ClN4O4S/c1-10-17-14(23-18-10)7-8-16-13(20)9-19(2)24(21,22)12-5-3-11(15)4-6-12/h3-6H,7-9H2,1-2H3,(H,16,20). The molecule has 0 unspecified atom stereocenters. The topological polar surface area (TPSA) is 105 Å². The monoisotopic (exact) mass is 372 g/mol. The third kappa shape index (κ3) is 4.76. The van der Waals surface area contributed by atoms with Gasteiger partial charge in [-0.05, 0) is 31.2 Å². The molecular weight excluding hydrogens is 356 g/mol. The van der Waals surface area contributed by atoms with E-state index in [1.54, 1.807) is 6.92 Å². The number of hydrogen-bond donors (Lipinski definition) is 1. The number of aromatic nitrogens is 2. The second-order valence-electron chi connectivity index (χ2n) is 5.05. The summed E-state index contributed by atoms with van der Waals surface area (Å²) in [6.07, 6.45) is 0.375. The van der Waals surface area contributed by atoms with Crippen molar-refractivity contribution in [2.45, 2.75) is 18.2 Å². The Morgan fingerprint density at radius 1 is 1.33 bits per heavy atom. The Balaban J connectivity index is 1.87. The van der Waals surface area contributed by atoms with Gasteiger partial charge in [-0.3, -0.25) is 4.79 Å². The van der Waals surface area contributed by atoms with Crippen molar-refractivity contribution in [3.8, 4) is 0 Å². The summed E-state index contributed by atoms with van der Waals surface area (Å²) in [5.74, 6) is 0.506. The number of nitrogens with one attached hydrogen (secondary N) is 1. The SMILES string of the molecule is Cc1noc(CCNC(=O)CN(C)S(=O)(=O)c2ccc(Cl)cc2)n1. The molecule has 0 saturated heterocycles. The van der Waals surface area contributed by atoms with Crippen LogP contribution >= 0.6 is 11.6 Å². The van der Waals surface area contributed by atoms with E-state index in [4.69, 9.17) is 16.1 Å². The lowest BCUT2D eigenvalue weighted by Gasteiger charge is -2.16. The van der Waals surface area contributed by atoms with Crippen LogP contribution in [0.3, 0.4) is 0 Å². The van der Waals surface area contributed by atoms with E-state index in [1.165, 1.54) is 31.3 Å². The largest absolute Gasteiger partial charge is 0.354 e. The average Bonchev–Trinajstić information content (AvgIpc) is 2.93. The Kier molecular flexibility index (Phi) is 5.92. The Labute approximate surface area is 144 Å². The Morgan fingerprint density at radius 3 is 2.58 bits per heavy atom. The summed E-state index contributed by atoms with van der Waals surface area (Å²) in [6, 6.07) is 5.75. The van der Waals surface area contributed by atoms with Crippen LogP contribution in [-0.4, -0.2) is 48.9 Å². The molecule has 0 aliphatic rings. The zero-order valence-corrected chi connectivity index (χ0v) is 14.8. The molecule has 2 aromatic rings. The van der Waals surface area contributed by atoms with Crippen LogP contribution in [0.15, 0.2) is 33.7 Å². The molecule has 1 heterocycles. The minimum Gasteiger partial charge on any atom is -0.354 e. The van der Waals surface area contributed by atoms with E-state index in [2.05, 4.69) is 15.5 Å².